The first-order valence-electron chi connectivity index (χ1n) is 10.3. The molecule has 5 rings (SSSR count). The fraction of sp³-hybridized carbons (Fsp3) is 0.545. The van der Waals surface area contributed by atoms with E-state index in [0.29, 0.717) is 0 Å². The normalized spacial score (nSPS) is 24.6. The van der Waals surface area contributed by atoms with E-state index in [4.69, 9.17) is 4.98 Å². The summed E-state index contributed by atoms with van der Waals surface area (Å²) in [6.07, 6.45) is 3.76. The fourth-order valence-corrected chi connectivity index (χ4v) is 6.01. The molecular formula is C22H28N4OS. The van der Waals surface area contributed by atoms with Gasteiger partial charge in [0.2, 0.25) is 0 Å². The maximum absolute atomic E-state index is 12.6. The van der Waals surface area contributed by atoms with Gasteiger partial charge in [0.25, 0.3) is 0 Å². The Bertz CT molecular complexity index is 876. The molecule has 6 heteroatoms. The molecule has 0 bridgehead atoms. The number of rotatable bonds is 3. The Morgan fingerprint density at radius 3 is 2.75 bits per heavy atom. The van der Waals surface area contributed by atoms with Crippen LogP contribution in [-0.2, 0) is 12.0 Å². The van der Waals surface area contributed by atoms with Crippen molar-refractivity contribution in [2.24, 2.45) is 5.92 Å². The predicted octanol–water partition coefficient (Wildman–Crippen LogP) is 3.66. The number of amides is 2. The van der Waals surface area contributed by atoms with E-state index in [2.05, 4.69) is 35.2 Å². The summed E-state index contributed by atoms with van der Waals surface area (Å²) in [6, 6.07) is 10.6. The number of carbonyl (C=O) groups is 1. The smallest absolute Gasteiger partial charge is 0.319 e. The Kier molecular flexibility index (Phi) is 4.43. The Morgan fingerprint density at radius 2 is 2.04 bits per heavy atom. The van der Waals surface area contributed by atoms with E-state index in [1.54, 1.807) is 4.90 Å². The average molecular weight is 397 g/mol. The maximum atomic E-state index is 12.6. The minimum absolute atomic E-state index is 0.0162. The number of urea groups is 1. The van der Waals surface area contributed by atoms with Crippen LogP contribution in [0.1, 0.15) is 29.8 Å². The van der Waals surface area contributed by atoms with Gasteiger partial charge in [-0.3, -0.25) is 4.90 Å². The van der Waals surface area contributed by atoms with Crippen LogP contribution in [0.15, 0.2) is 30.3 Å². The zero-order chi connectivity index (χ0) is 19.3. The summed E-state index contributed by atoms with van der Waals surface area (Å²) in [5.41, 5.74) is 2.44. The standard InChI is InChI=1S/C22H28N4OS/c1-24(2)21(27)26-11-10-22(15-26)14-25(12-16-8-9-16)13-18-19(22)23-20(28-18)17-6-4-3-5-7-17/h3-7,16H,8-15H2,1-2H3/t22-/m0/s1. The van der Waals surface area contributed by atoms with Crippen LogP contribution in [0, 0.1) is 5.92 Å². The summed E-state index contributed by atoms with van der Waals surface area (Å²) in [6.45, 7) is 4.86. The number of hydrogen-bond donors (Lipinski definition) is 0. The number of carbonyl (C=O) groups excluding carboxylic acids is 1. The van der Waals surface area contributed by atoms with Crippen molar-refractivity contribution in [1.82, 2.24) is 19.7 Å². The molecule has 0 radical (unpaired) electrons. The lowest BCUT2D eigenvalue weighted by atomic mass is 9.80. The van der Waals surface area contributed by atoms with E-state index >= 15 is 0 Å². The van der Waals surface area contributed by atoms with Gasteiger partial charge in [-0.05, 0) is 25.2 Å². The average Bonchev–Trinajstić information content (AvgIpc) is 3.24. The van der Waals surface area contributed by atoms with Crippen molar-refractivity contribution in [2.45, 2.75) is 31.2 Å². The van der Waals surface area contributed by atoms with E-state index in [-0.39, 0.29) is 11.4 Å². The molecule has 5 nitrogen and oxygen atoms in total. The highest BCUT2D eigenvalue weighted by atomic mass is 32.1. The van der Waals surface area contributed by atoms with E-state index in [9.17, 15) is 4.79 Å². The molecule has 2 aromatic rings. The van der Waals surface area contributed by atoms with Gasteiger partial charge in [0.05, 0.1) is 5.69 Å². The molecule has 1 saturated carbocycles. The second-order valence-corrected chi connectivity index (χ2v) is 9.98. The van der Waals surface area contributed by atoms with Gasteiger partial charge < -0.3 is 9.80 Å². The van der Waals surface area contributed by atoms with Gasteiger partial charge in [0.15, 0.2) is 0 Å². The number of likely N-dealkylation sites (tertiary alicyclic amines) is 1. The Morgan fingerprint density at radius 1 is 1.25 bits per heavy atom. The molecule has 148 valence electrons. The largest absolute Gasteiger partial charge is 0.331 e. The van der Waals surface area contributed by atoms with Crippen LogP contribution in [0.3, 0.4) is 0 Å². The lowest BCUT2D eigenvalue weighted by Gasteiger charge is -2.39. The molecule has 1 aliphatic carbocycles. The van der Waals surface area contributed by atoms with E-state index in [1.807, 2.05) is 30.3 Å². The van der Waals surface area contributed by atoms with Crippen LogP contribution in [0.2, 0.25) is 0 Å². The minimum Gasteiger partial charge on any atom is -0.331 e. The molecule has 1 aromatic carbocycles. The van der Waals surface area contributed by atoms with Gasteiger partial charge in [-0.15, -0.1) is 11.3 Å². The highest BCUT2D eigenvalue weighted by Crippen LogP contribution is 2.45. The van der Waals surface area contributed by atoms with Crippen molar-refractivity contribution >= 4 is 17.4 Å². The van der Waals surface area contributed by atoms with Crippen LogP contribution in [0.4, 0.5) is 4.79 Å². The van der Waals surface area contributed by atoms with Gasteiger partial charge in [-0.25, -0.2) is 9.78 Å². The van der Waals surface area contributed by atoms with Crippen molar-refractivity contribution in [2.75, 3.05) is 40.3 Å². The number of benzene rings is 1. The molecule has 3 aliphatic rings. The third-order valence-electron chi connectivity index (χ3n) is 6.33. The number of hydrogen-bond acceptors (Lipinski definition) is 4. The first-order chi connectivity index (χ1) is 13.5. The first kappa shape index (κ1) is 18.1. The molecule has 0 unspecified atom stereocenters. The molecule has 2 amide bonds. The van der Waals surface area contributed by atoms with Crippen molar-refractivity contribution < 1.29 is 4.79 Å². The predicted molar refractivity (Wildman–Crippen MR) is 113 cm³/mol. The third kappa shape index (κ3) is 3.22. The molecular weight excluding hydrogens is 368 g/mol. The summed E-state index contributed by atoms with van der Waals surface area (Å²) >= 11 is 1.85. The van der Waals surface area contributed by atoms with Crippen molar-refractivity contribution in [3.8, 4) is 10.6 Å². The molecule has 2 aliphatic heterocycles. The topological polar surface area (TPSA) is 39.7 Å². The zero-order valence-corrected chi connectivity index (χ0v) is 17.5. The SMILES string of the molecule is CN(C)C(=O)N1CC[C@]2(CN(CC3CC3)Cc3sc(-c4ccccc4)nc32)C1. The second-order valence-electron chi connectivity index (χ2n) is 8.90. The summed E-state index contributed by atoms with van der Waals surface area (Å²) in [4.78, 5) is 25.5. The minimum atomic E-state index is -0.0162. The number of fused-ring (bicyclic) bond motifs is 2. The quantitative estimate of drug-likeness (QED) is 0.795. The Balaban J connectivity index is 1.50. The number of thiazole rings is 1. The first-order valence-corrected chi connectivity index (χ1v) is 11.1. The van der Waals surface area contributed by atoms with Crippen LogP contribution in [-0.4, -0.2) is 66.0 Å². The molecule has 3 heterocycles. The molecule has 28 heavy (non-hydrogen) atoms. The molecule has 1 saturated heterocycles. The maximum Gasteiger partial charge on any atom is 0.319 e. The molecule has 1 spiro atoms. The number of aromatic nitrogens is 1. The number of nitrogens with zero attached hydrogens (tertiary/aromatic N) is 4. The summed E-state index contributed by atoms with van der Waals surface area (Å²) < 4.78 is 0. The summed E-state index contributed by atoms with van der Waals surface area (Å²) in [5, 5.41) is 1.12. The molecule has 1 aromatic heterocycles. The lowest BCUT2D eigenvalue weighted by molar-refractivity contribution is 0.157. The highest BCUT2D eigenvalue weighted by molar-refractivity contribution is 7.15. The van der Waals surface area contributed by atoms with E-state index < -0.39 is 0 Å². The van der Waals surface area contributed by atoms with Gasteiger partial charge in [0, 0.05) is 62.7 Å². The van der Waals surface area contributed by atoms with Crippen LogP contribution < -0.4 is 0 Å². The van der Waals surface area contributed by atoms with Crippen LogP contribution in [0.25, 0.3) is 10.6 Å². The highest BCUT2D eigenvalue weighted by Gasteiger charge is 2.49. The van der Waals surface area contributed by atoms with E-state index in [0.717, 1.165) is 43.5 Å². The Hall–Kier alpha value is -1.92. The fourth-order valence-electron chi connectivity index (χ4n) is 4.77. The van der Waals surface area contributed by atoms with Gasteiger partial charge in [-0.1, -0.05) is 30.3 Å². The summed E-state index contributed by atoms with van der Waals surface area (Å²) in [7, 11) is 3.69. The lowest BCUT2D eigenvalue weighted by Crippen LogP contribution is -2.49. The van der Waals surface area contributed by atoms with Crippen molar-refractivity contribution in [3.63, 3.8) is 0 Å². The van der Waals surface area contributed by atoms with Crippen LogP contribution >= 0.6 is 11.3 Å². The van der Waals surface area contributed by atoms with Gasteiger partial charge >= 0.3 is 6.03 Å². The van der Waals surface area contributed by atoms with Gasteiger partial charge in [-0.2, -0.15) is 0 Å². The molecule has 1 atom stereocenters. The van der Waals surface area contributed by atoms with Crippen molar-refractivity contribution in [3.05, 3.63) is 40.9 Å². The second kappa shape index (κ2) is 6.85. The summed E-state index contributed by atoms with van der Waals surface area (Å²) in [5.74, 6) is 0.876. The van der Waals surface area contributed by atoms with E-state index in [1.165, 1.54) is 35.5 Å². The monoisotopic (exact) mass is 396 g/mol. The molecule has 0 N–H and O–H groups in total. The van der Waals surface area contributed by atoms with Crippen molar-refractivity contribution in [1.29, 1.82) is 0 Å². The Labute approximate surface area is 171 Å². The van der Waals surface area contributed by atoms with Crippen LogP contribution in [0.5, 0.6) is 0 Å². The molecule has 2 fully saturated rings. The zero-order valence-electron chi connectivity index (χ0n) is 16.7. The van der Waals surface area contributed by atoms with Gasteiger partial charge in [0.1, 0.15) is 5.01 Å². The third-order valence-corrected chi connectivity index (χ3v) is 7.42.